The molecule has 0 radical (unpaired) electrons. The van der Waals surface area contributed by atoms with Gasteiger partial charge in [-0.05, 0) is 51.1 Å². The summed E-state index contributed by atoms with van der Waals surface area (Å²) in [5.41, 5.74) is 0.985. The molecule has 0 aliphatic heterocycles. The molecule has 4 heteroatoms. The van der Waals surface area contributed by atoms with E-state index in [-0.39, 0.29) is 5.91 Å². The lowest BCUT2D eigenvalue weighted by molar-refractivity contribution is -0.116. The van der Waals surface area contributed by atoms with Gasteiger partial charge < -0.3 is 15.0 Å². The Labute approximate surface area is 134 Å². The lowest BCUT2D eigenvalue weighted by Crippen LogP contribution is -2.35. The molecular weight excluding hydrogens is 276 g/mol. The van der Waals surface area contributed by atoms with E-state index in [1.54, 1.807) is 6.08 Å². The molecule has 0 spiro atoms. The summed E-state index contributed by atoms with van der Waals surface area (Å²) in [6.45, 7) is 8.57. The van der Waals surface area contributed by atoms with Gasteiger partial charge in [-0.3, -0.25) is 4.79 Å². The van der Waals surface area contributed by atoms with E-state index < -0.39 is 0 Å². The maximum atomic E-state index is 11.7. The lowest BCUT2D eigenvalue weighted by atomic mass is 10.2. The van der Waals surface area contributed by atoms with Crippen LogP contribution in [-0.4, -0.2) is 43.6 Å². The number of likely N-dealkylation sites (N-methyl/N-ethyl adjacent to an activating group) is 1. The van der Waals surface area contributed by atoms with E-state index in [0.717, 1.165) is 30.9 Å². The predicted octanol–water partition coefficient (Wildman–Crippen LogP) is 2.95. The van der Waals surface area contributed by atoms with E-state index >= 15 is 0 Å². The van der Waals surface area contributed by atoms with Crippen LogP contribution in [0.3, 0.4) is 0 Å². The number of carbonyl (C=O) groups excluding carboxylic acids is 1. The van der Waals surface area contributed by atoms with Crippen LogP contribution >= 0.6 is 0 Å². The van der Waals surface area contributed by atoms with Crippen molar-refractivity contribution in [1.82, 2.24) is 10.2 Å². The van der Waals surface area contributed by atoms with Crippen LogP contribution in [0, 0.1) is 0 Å². The van der Waals surface area contributed by atoms with Gasteiger partial charge in [-0.1, -0.05) is 19.1 Å². The molecule has 0 aromatic heterocycles. The van der Waals surface area contributed by atoms with E-state index in [0.29, 0.717) is 12.6 Å². The van der Waals surface area contributed by atoms with Crippen LogP contribution in [0.5, 0.6) is 5.75 Å². The number of hydrogen-bond donors (Lipinski definition) is 1. The third kappa shape index (κ3) is 7.27. The molecule has 0 saturated carbocycles. The zero-order valence-electron chi connectivity index (χ0n) is 14.1. The number of amides is 1. The van der Waals surface area contributed by atoms with Crippen LogP contribution in [0.1, 0.15) is 32.8 Å². The van der Waals surface area contributed by atoms with E-state index in [1.807, 2.05) is 30.3 Å². The van der Waals surface area contributed by atoms with Crippen molar-refractivity contribution in [3.63, 3.8) is 0 Å². The smallest absolute Gasteiger partial charge is 0.244 e. The first-order chi connectivity index (χ1) is 10.5. The average molecular weight is 304 g/mol. The van der Waals surface area contributed by atoms with Crippen molar-refractivity contribution < 1.29 is 9.53 Å². The van der Waals surface area contributed by atoms with Gasteiger partial charge in [0.05, 0.1) is 6.61 Å². The molecule has 0 aliphatic carbocycles. The fourth-order valence-electron chi connectivity index (χ4n) is 1.74. The minimum Gasteiger partial charge on any atom is -0.494 e. The standard InChI is InChI=1S/C18H28N2O2/c1-5-14-22-17-9-6-16(7-10-17)8-11-18(21)19-12-13-20(4)15(2)3/h6-11,15H,5,12-14H2,1-4H3,(H,19,21)/b11-8+. The zero-order valence-corrected chi connectivity index (χ0v) is 14.1. The number of nitrogens with one attached hydrogen (secondary N) is 1. The van der Waals surface area contributed by atoms with Crippen LogP contribution in [-0.2, 0) is 4.79 Å². The van der Waals surface area contributed by atoms with Crippen LogP contribution < -0.4 is 10.1 Å². The molecule has 0 unspecified atom stereocenters. The van der Waals surface area contributed by atoms with Gasteiger partial charge in [0.1, 0.15) is 5.75 Å². The molecule has 0 fully saturated rings. The first-order valence-electron chi connectivity index (χ1n) is 7.92. The maximum absolute atomic E-state index is 11.7. The third-order valence-electron chi connectivity index (χ3n) is 3.43. The van der Waals surface area contributed by atoms with Crippen molar-refractivity contribution >= 4 is 12.0 Å². The highest BCUT2D eigenvalue weighted by Crippen LogP contribution is 2.13. The van der Waals surface area contributed by atoms with Crippen LogP contribution in [0.4, 0.5) is 0 Å². The van der Waals surface area contributed by atoms with Crippen LogP contribution in [0.15, 0.2) is 30.3 Å². The van der Waals surface area contributed by atoms with Crippen LogP contribution in [0.25, 0.3) is 6.08 Å². The molecule has 1 N–H and O–H groups in total. The van der Waals surface area contributed by atoms with Gasteiger partial charge in [-0.15, -0.1) is 0 Å². The number of carbonyl (C=O) groups is 1. The molecule has 4 nitrogen and oxygen atoms in total. The molecule has 0 saturated heterocycles. The van der Waals surface area contributed by atoms with Gasteiger partial charge >= 0.3 is 0 Å². The van der Waals surface area contributed by atoms with Gasteiger partial charge in [0, 0.05) is 25.2 Å². The summed E-state index contributed by atoms with van der Waals surface area (Å²) >= 11 is 0. The molecule has 0 bridgehead atoms. The summed E-state index contributed by atoms with van der Waals surface area (Å²) < 4.78 is 5.52. The fourth-order valence-corrected chi connectivity index (χ4v) is 1.74. The second-order valence-electron chi connectivity index (χ2n) is 5.62. The fraction of sp³-hybridized carbons (Fsp3) is 0.500. The maximum Gasteiger partial charge on any atom is 0.244 e. The molecule has 1 aromatic rings. The Kier molecular flexibility index (Phi) is 8.30. The highest BCUT2D eigenvalue weighted by atomic mass is 16.5. The van der Waals surface area contributed by atoms with Crippen molar-refractivity contribution in [2.45, 2.75) is 33.2 Å². The van der Waals surface area contributed by atoms with Crippen molar-refractivity contribution in [3.8, 4) is 5.75 Å². The van der Waals surface area contributed by atoms with Crippen molar-refractivity contribution in [3.05, 3.63) is 35.9 Å². The highest BCUT2D eigenvalue weighted by molar-refractivity contribution is 5.91. The lowest BCUT2D eigenvalue weighted by Gasteiger charge is -2.20. The molecule has 1 amide bonds. The molecule has 0 atom stereocenters. The Morgan fingerprint density at radius 3 is 2.59 bits per heavy atom. The topological polar surface area (TPSA) is 41.6 Å². The van der Waals surface area contributed by atoms with Gasteiger partial charge in [0.25, 0.3) is 0 Å². The quantitative estimate of drug-likeness (QED) is 0.713. The Hall–Kier alpha value is -1.81. The Bertz CT molecular complexity index is 466. The molecule has 1 rings (SSSR count). The predicted molar refractivity (Wildman–Crippen MR) is 92.0 cm³/mol. The number of rotatable bonds is 9. The summed E-state index contributed by atoms with van der Waals surface area (Å²) in [6.07, 6.45) is 4.37. The Balaban J connectivity index is 2.35. The summed E-state index contributed by atoms with van der Waals surface area (Å²) in [5.74, 6) is 0.795. The van der Waals surface area contributed by atoms with Gasteiger partial charge in [0.15, 0.2) is 0 Å². The SMILES string of the molecule is CCCOc1ccc(/C=C/C(=O)NCCN(C)C(C)C)cc1. The molecule has 122 valence electrons. The largest absolute Gasteiger partial charge is 0.494 e. The molecule has 0 heterocycles. The van der Waals surface area contributed by atoms with Crippen molar-refractivity contribution in [1.29, 1.82) is 0 Å². The van der Waals surface area contributed by atoms with Gasteiger partial charge in [-0.2, -0.15) is 0 Å². The molecule has 0 aliphatic rings. The summed E-state index contributed by atoms with van der Waals surface area (Å²) in [5, 5.41) is 2.89. The minimum atomic E-state index is -0.0662. The van der Waals surface area contributed by atoms with Crippen LogP contribution in [0.2, 0.25) is 0 Å². The van der Waals surface area contributed by atoms with E-state index in [1.165, 1.54) is 0 Å². The monoisotopic (exact) mass is 304 g/mol. The number of ether oxygens (including phenoxy) is 1. The second-order valence-corrected chi connectivity index (χ2v) is 5.62. The summed E-state index contributed by atoms with van der Waals surface area (Å²) in [4.78, 5) is 13.9. The highest BCUT2D eigenvalue weighted by Gasteiger charge is 2.02. The molecular formula is C18H28N2O2. The van der Waals surface area contributed by atoms with Crippen molar-refractivity contribution in [2.24, 2.45) is 0 Å². The average Bonchev–Trinajstić information content (AvgIpc) is 2.51. The van der Waals surface area contributed by atoms with Gasteiger partial charge in [-0.25, -0.2) is 0 Å². The van der Waals surface area contributed by atoms with Crippen molar-refractivity contribution in [2.75, 3.05) is 26.7 Å². The first-order valence-corrected chi connectivity index (χ1v) is 7.92. The van der Waals surface area contributed by atoms with E-state index in [2.05, 4.69) is 38.0 Å². The number of benzene rings is 1. The zero-order chi connectivity index (χ0) is 16.4. The number of nitrogens with zero attached hydrogens (tertiary/aromatic N) is 1. The third-order valence-corrected chi connectivity index (χ3v) is 3.43. The Morgan fingerprint density at radius 1 is 1.32 bits per heavy atom. The molecule has 22 heavy (non-hydrogen) atoms. The Morgan fingerprint density at radius 2 is 2.00 bits per heavy atom. The van der Waals surface area contributed by atoms with E-state index in [9.17, 15) is 4.79 Å². The summed E-state index contributed by atoms with van der Waals surface area (Å²) in [7, 11) is 2.05. The summed E-state index contributed by atoms with van der Waals surface area (Å²) in [6, 6.07) is 8.22. The van der Waals surface area contributed by atoms with Gasteiger partial charge in [0.2, 0.25) is 5.91 Å². The van der Waals surface area contributed by atoms with E-state index in [4.69, 9.17) is 4.74 Å². The second kappa shape index (κ2) is 10.0. The normalized spacial score (nSPS) is 11.4. The first kappa shape index (κ1) is 18.2. The number of hydrogen-bond acceptors (Lipinski definition) is 3. The molecule has 1 aromatic carbocycles. The minimum absolute atomic E-state index is 0.0662.